The van der Waals surface area contributed by atoms with Gasteiger partial charge in [0.25, 0.3) is 0 Å². The summed E-state index contributed by atoms with van der Waals surface area (Å²) in [4.78, 5) is 45.6. The van der Waals surface area contributed by atoms with Crippen molar-refractivity contribution in [2.75, 3.05) is 13.9 Å². The fourth-order valence-electron chi connectivity index (χ4n) is 0.782. The third kappa shape index (κ3) is 7.83. The van der Waals surface area contributed by atoms with Crippen molar-refractivity contribution in [2.24, 2.45) is 4.99 Å². The molecule has 0 aliphatic heterocycles. The largest absolute Gasteiger partial charge is 0.453 e. The van der Waals surface area contributed by atoms with Crippen LogP contribution in [0.5, 0.6) is 0 Å². The third-order valence-electron chi connectivity index (χ3n) is 1.52. The second-order valence-electron chi connectivity index (χ2n) is 2.85. The molecule has 0 aliphatic rings. The Morgan fingerprint density at radius 2 is 2.00 bits per heavy atom. The fourth-order valence-corrected chi connectivity index (χ4v) is 0.782. The van der Waals surface area contributed by atoms with Gasteiger partial charge in [-0.3, -0.25) is 14.9 Å². The number of alkyl carbamates (subject to hydrolysis) is 1. The monoisotopic (exact) mass is 260 g/mol. The maximum absolute atomic E-state index is 11.2. The van der Waals surface area contributed by atoms with E-state index in [4.69, 9.17) is 0 Å². The number of methoxy groups -OCH3 is 1. The molecule has 0 aromatic rings. The molecule has 0 fully saturated rings. The van der Waals surface area contributed by atoms with Crippen molar-refractivity contribution < 1.29 is 33.4 Å². The van der Waals surface area contributed by atoms with Crippen molar-refractivity contribution in [1.82, 2.24) is 5.32 Å². The normalized spacial score (nSPS) is 10.6. The summed E-state index contributed by atoms with van der Waals surface area (Å²) in [6, 6.07) is 0. The minimum absolute atomic E-state index is 0.425. The van der Waals surface area contributed by atoms with Crippen LogP contribution in [0.25, 0.3) is 0 Å². The highest BCUT2D eigenvalue weighted by molar-refractivity contribution is 5.73. The molecule has 18 heavy (non-hydrogen) atoms. The molecule has 0 saturated heterocycles. The van der Waals surface area contributed by atoms with Crippen LogP contribution in [0.4, 0.5) is 4.79 Å². The van der Waals surface area contributed by atoms with Gasteiger partial charge < -0.3 is 14.2 Å². The Balaban J connectivity index is 4.15. The number of carbonyl (C=O) groups is 3. The summed E-state index contributed by atoms with van der Waals surface area (Å²) in [6.45, 7) is 0.593. The van der Waals surface area contributed by atoms with E-state index in [1.165, 1.54) is 6.08 Å². The van der Waals surface area contributed by atoms with Crippen LogP contribution in [-0.4, -0.2) is 44.2 Å². The highest BCUT2D eigenvalue weighted by Gasteiger charge is 2.17. The van der Waals surface area contributed by atoms with Crippen LogP contribution in [0.3, 0.4) is 0 Å². The summed E-state index contributed by atoms with van der Waals surface area (Å²) >= 11 is 0. The summed E-state index contributed by atoms with van der Waals surface area (Å²) in [5, 5.41) is 2.10. The Morgan fingerprint density at radius 3 is 2.50 bits per heavy atom. The molecule has 0 aliphatic carbocycles. The molecule has 9 nitrogen and oxygen atoms in total. The Bertz CT molecular complexity index is 362. The molecule has 100 valence electrons. The summed E-state index contributed by atoms with van der Waals surface area (Å²) in [6.07, 6.45) is -1.26. The van der Waals surface area contributed by atoms with Crippen LogP contribution in [0.15, 0.2) is 4.99 Å². The Hall–Kier alpha value is -2.41. The lowest BCUT2D eigenvalue weighted by Crippen LogP contribution is -2.35. The van der Waals surface area contributed by atoms with Crippen LogP contribution in [0.1, 0.15) is 13.3 Å². The SMILES string of the molecule is COC(=O)N[C@@H](CC(=O)OCOC(C)=O)N=C=O. The first-order chi connectivity index (χ1) is 8.49. The smallest absolute Gasteiger partial charge is 0.408 e. The molecule has 0 aromatic heterocycles. The van der Waals surface area contributed by atoms with E-state index in [0.717, 1.165) is 14.0 Å². The molecular weight excluding hydrogens is 248 g/mol. The number of nitrogens with zero attached hydrogens (tertiary/aromatic N) is 1. The zero-order chi connectivity index (χ0) is 14.0. The number of isocyanates is 1. The molecule has 0 saturated carbocycles. The van der Waals surface area contributed by atoms with Crippen LogP contribution < -0.4 is 5.32 Å². The topological polar surface area (TPSA) is 120 Å². The maximum atomic E-state index is 11.2. The standard InChI is InChI=1S/C9H12N2O7/c1-6(13)17-5-18-8(14)3-7(10-4-12)11-9(15)16-2/h7H,3,5H2,1-2H3,(H,11,15)/t7-/m0/s1. The average Bonchev–Trinajstić information content (AvgIpc) is 2.28. The van der Waals surface area contributed by atoms with E-state index >= 15 is 0 Å². The number of amides is 1. The summed E-state index contributed by atoms with van der Waals surface area (Å²) in [7, 11) is 1.11. The fraction of sp³-hybridized carbons (Fsp3) is 0.556. The lowest BCUT2D eigenvalue weighted by Gasteiger charge is -2.11. The molecule has 0 radical (unpaired) electrons. The molecule has 1 atom stereocenters. The highest BCUT2D eigenvalue weighted by atomic mass is 16.7. The maximum Gasteiger partial charge on any atom is 0.408 e. The van der Waals surface area contributed by atoms with Crippen molar-refractivity contribution in [3.63, 3.8) is 0 Å². The van der Waals surface area contributed by atoms with E-state index in [1.807, 2.05) is 0 Å². The Morgan fingerprint density at radius 1 is 1.33 bits per heavy atom. The highest BCUT2D eigenvalue weighted by Crippen LogP contribution is 1.97. The van der Waals surface area contributed by atoms with Crippen LogP contribution in [-0.2, 0) is 28.6 Å². The van der Waals surface area contributed by atoms with Crippen molar-refractivity contribution in [2.45, 2.75) is 19.5 Å². The number of carbonyl (C=O) groups excluding carboxylic acids is 4. The van der Waals surface area contributed by atoms with E-state index in [2.05, 4.69) is 24.5 Å². The van der Waals surface area contributed by atoms with E-state index in [9.17, 15) is 19.2 Å². The number of hydrogen-bond donors (Lipinski definition) is 1. The number of esters is 2. The van der Waals surface area contributed by atoms with Crippen molar-refractivity contribution in [1.29, 1.82) is 0 Å². The van der Waals surface area contributed by atoms with Gasteiger partial charge in [-0.25, -0.2) is 9.59 Å². The second-order valence-corrected chi connectivity index (χ2v) is 2.85. The summed E-state index contributed by atoms with van der Waals surface area (Å²) in [5.74, 6) is -1.44. The molecule has 1 amide bonds. The lowest BCUT2D eigenvalue weighted by molar-refractivity contribution is -0.165. The number of nitrogens with one attached hydrogen (secondary N) is 1. The van der Waals surface area contributed by atoms with E-state index in [-0.39, 0.29) is 0 Å². The van der Waals surface area contributed by atoms with Crippen molar-refractivity contribution >= 4 is 24.1 Å². The Labute approximate surface area is 102 Å². The first-order valence-electron chi connectivity index (χ1n) is 4.70. The molecule has 0 rings (SSSR count). The zero-order valence-electron chi connectivity index (χ0n) is 9.80. The van der Waals surface area contributed by atoms with Gasteiger partial charge in [0.15, 0.2) is 0 Å². The quantitative estimate of drug-likeness (QED) is 0.294. The molecular formula is C9H12N2O7. The van der Waals surface area contributed by atoms with Gasteiger partial charge in [-0.15, -0.1) is 0 Å². The molecule has 9 heteroatoms. The van der Waals surface area contributed by atoms with Crippen LogP contribution in [0.2, 0.25) is 0 Å². The van der Waals surface area contributed by atoms with E-state index in [0.29, 0.717) is 0 Å². The first-order valence-corrected chi connectivity index (χ1v) is 4.70. The molecule has 0 unspecified atom stereocenters. The van der Waals surface area contributed by atoms with Gasteiger partial charge in [-0.1, -0.05) is 0 Å². The summed E-state index contributed by atoms with van der Waals surface area (Å²) in [5.41, 5.74) is 0. The molecule has 0 heterocycles. The minimum atomic E-state index is -1.15. The third-order valence-corrected chi connectivity index (χ3v) is 1.52. The van der Waals surface area contributed by atoms with Gasteiger partial charge in [-0.05, 0) is 0 Å². The van der Waals surface area contributed by atoms with E-state index in [1.54, 1.807) is 0 Å². The first kappa shape index (κ1) is 15.6. The number of hydrogen-bond acceptors (Lipinski definition) is 8. The Kier molecular flexibility index (Phi) is 7.54. The van der Waals surface area contributed by atoms with Gasteiger partial charge in [0.2, 0.25) is 12.9 Å². The van der Waals surface area contributed by atoms with Crippen molar-refractivity contribution in [3.05, 3.63) is 0 Å². The van der Waals surface area contributed by atoms with Gasteiger partial charge in [-0.2, -0.15) is 4.99 Å². The summed E-state index contributed by atoms with van der Waals surface area (Å²) < 4.78 is 13.1. The van der Waals surface area contributed by atoms with Crippen LogP contribution >= 0.6 is 0 Å². The zero-order valence-corrected chi connectivity index (χ0v) is 9.80. The van der Waals surface area contributed by atoms with Gasteiger partial charge in [0.1, 0.15) is 6.17 Å². The molecule has 0 spiro atoms. The second kappa shape index (κ2) is 8.71. The van der Waals surface area contributed by atoms with Crippen molar-refractivity contribution in [3.8, 4) is 0 Å². The van der Waals surface area contributed by atoms with Gasteiger partial charge in [0.05, 0.1) is 13.5 Å². The predicted molar refractivity (Wildman–Crippen MR) is 54.8 cm³/mol. The van der Waals surface area contributed by atoms with Gasteiger partial charge >= 0.3 is 18.0 Å². The van der Waals surface area contributed by atoms with E-state index < -0.39 is 37.4 Å². The minimum Gasteiger partial charge on any atom is -0.453 e. The van der Waals surface area contributed by atoms with Gasteiger partial charge in [0, 0.05) is 6.92 Å². The number of aliphatic imine (C=N–C) groups is 1. The average molecular weight is 260 g/mol. The number of rotatable bonds is 6. The molecule has 1 N–H and O–H groups in total. The predicted octanol–water partition coefficient (Wildman–Crippen LogP) is -0.542. The lowest BCUT2D eigenvalue weighted by atomic mass is 10.3. The van der Waals surface area contributed by atoms with Crippen LogP contribution in [0, 0.1) is 0 Å². The molecule has 0 bridgehead atoms. The molecule has 0 aromatic carbocycles. The number of ether oxygens (including phenoxy) is 3.